The lowest BCUT2D eigenvalue weighted by molar-refractivity contribution is -0.211. The molecule has 3 aromatic heterocycles. The van der Waals surface area contributed by atoms with Crippen LogP contribution in [-0.2, 0) is 12.4 Å². The Morgan fingerprint density at radius 3 is 2.33 bits per heavy atom. The molecule has 9 nitrogen and oxygen atoms in total. The molecule has 1 saturated heterocycles. The second-order valence-corrected chi connectivity index (χ2v) is 7.78. The van der Waals surface area contributed by atoms with E-state index in [0.717, 1.165) is 18.3 Å². The van der Waals surface area contributed by atoms with Crippen LogP contribution in [0.4, 0.5) is 48.3 Å². The third-order valence-electron chi connectivity index (χ3n) is 5.11. The first-order chi connectivity index (χ1) is 16.7. The number of hydrogen-bond donors (Lipinski definition) is 3. The molecule has 0 bridgehead atoms. The highest BCUT2D eigenvalue weighted by molar-refractivity contribution is 5.59. The summed E-state index contributed by atoms with van der Waals surface area (Å²) in [6, 6.07) is 4.79. The van der Waals surface area contributed by atoms with E-state index in [1.54, 1.807) is 0 Å². The first-order valence-corrected chi connectivity index (χ1v) is 10.2. The highest BCUT2D eigenvalue weighted by atomic mass is 19.4. The number of hydrogen-bond acceptors (Lipinski definition) is 9. The van der Waals surface area contributed by atoms with Crippen molar-refractivity contribution in [2.45, 2.75) is 30.7 Å². The molecule has 4 heterocycles. The molecule has 1 atom stereocenters. The van der Waals surface area contributed by atoms with Gasteiger partial charge in [0, 0.05) is 24.8 Å². The fraction of sp³-hybridized carbons (Fsp3) is 0.350. The molecule has 4 rings (SSSR count). The minimum atomic E-state index is -4.78. The maximum atomic E-state index is 14.2. The van der Waals surface area contributed by atoms with Crippen LogP contribution in [-0.4, -0.2) is 60.2 Å². The van der Waals surface area contributed by atoms with E-state index in [1.807, 2.05) is 0 Å². The minimum absolute atomic E-state index is 0.149. The van der Waals surface area contributed by atoms with Crippen LogP contribution in [0.3, 0.4) is 0 Å². The zero-order valence-corrected chi connectivity index (χ0v) is 17.9. The maximum Gasteiger partial charge on any atom is 0.433 e. The van der Waals surface area contributed by atoms with Crippen molar-refractivity contribution >= 4 is 17.6 Å². The Morgan fingerprint density at radius 1 is 0.944 bits per heavy atom. The Kier molecular flexibility index (Phi) is 6.42. The molecule has 36 heavy (non-hydrogen) atoms. The van der Waals surface area contributed by atoms with Crippen molar-refractivity contribution in [3.05, 3.63) is 47.9 Å². The van der Waals surface area contributed by atoms with Gasteiger partial charge in [-0.15, -0.1) is 0 Å². The monoisotopic (exact) mass is 519 g/mol. The van der Waals surface area contributed by atoms with Crippen LogP contribution < -0.4 is 10.2 Å². The van der Waals surface area contributed by atoms with Crippen molar-refractivity contribution in [3.63, 3.8) is 0 Å². The van der Waals surface area contributed by atoms with Crippen LogP contribution in [0.15, 0.2) is 36.5 Å². The van der Waals surface area contributed by atoms with Gasteiger partial charge in [0.15, 0.2) is 17.8 Å². The summed E-state index contributed by atoms with van der Waals surface area (Å²) in [6.45, 7) is -0.737. The average molecular weight is 519 g/mol. The maximum absolute atomic E-state index is 14.2. The van der Waals surface area contributed by atoms with Crippen molar-refractivity contribution in [1.29, 1.82) is 0 Å². The van der Waals surface area contributed by atoms with E-state index in [4.69, 9.17) is 0 Å². The molecule has 1 fully saturated rings. The largest absolute Gasteiger partial charge is 0.433 e. The SMILES string of the molecule is OC1(O)CCN(c2nc(Nc3ccnc(C(F)(F)F)c3)nc(-c3cccc(C(F)(F)F)n3)n2)CC1F. The van der Waals surface area contributed by atoms with Crippen LogP contribution in [0.25, 0.3) is 11.5 Å². The third kappa shape index (κ3) is 5.59. The number of aliphatic hydroxyl groups is 2. The van der Waals surface area contributed by atoms with E-state index < -0.39 is 48.7 Å². The van der Waals surface area contributed by atoms with E-state index in [9.17, 15) is 40.9 Å². The van der Waals surface area contributed by atoms with Gasteiger partial charge < -0.3 is 20.4 Å². The molecule has 0 aliphatic carbocycles. The van der Waals surface area contributed by atoms with Gasteiger partial charge in [-0.25, -0.2) is 9.37 Å². The normalized spacial score (nSPS) is 18.2. The van der Waals surface area contributed by atoms with Gasteiger partial charge in [0.25, 0.3) is 0 Å². The highest BCUT2D eigenvalue weighted by Crippen LogP contribution is 2.32. The van der Waals surface area contributed by atoms with Gasteiger partial charge in [-0.1, -0.05) is 6.07 Å². The summed E-state index contributed by atoms with van der Waals surface area (Å²) in [5.41, 5.74) is -2.95. The van der Waals surface area contributed by atoms with Crippen molar-refractivity contribution in [2.75, 3.05) is 23.3 Å². The molecule has 3 aromatic rings. The second-order valence-electron chi connectivity index (χ2n) is 7.78. The quantitative estimate of drug-likeness (QED) is 0.352. The molecule has 1 aliphatic heterocycles. The van der Waals surface area contributed by atoms with Crippen molar-refractivity contribution < 1.29 is 40.9 Å². The Hall–Kier alpha value is -3.66. The first kappa shape index (κ1) is 25.4. The number of alkyl halides is 7. The highest BCUT2D eigenvalue weighted by Gasteiger charge is 2.41. The summed E-state index contributed by atoms with van der Waals surface area (Å²) >= 11 is 0. The van der Waals surface area contributed by atoms with Crippen molar-refractivity contribution in [2.24, 2.45) is 0 Å². The first-order valence-electron chi connectivity index (χ1n) is 10.2. The summed E-state index contributed by atoms with van der Waals surface area (Å²) in [6.07, 6.45) is -11.2. The van der Waals surface area contributed by atoms with Gasteiger partial charge in [-0.05, 0) is 24.3 Å². The van der Waals surface area contributed by atoms with E-state index in [2.05, 4.69) is 30.2 Å². The Morgan fingerprint density at radius 2 is 1.67 bits per heavy atom. The fourth-order valence-electron chi connectivity index (χ4n) is 3.25. The smallest absolute Gasteiger partial charge is 0.363 e. The van der Waals surface area contributed by atoms with Gasteiger partial charge >= 0.3 is 12.4 Å². The number of aromatic nitrogens is 5. The number of nitrogens with zero attached hydrogens (tertiary/aromatic N) is 6. The number of halogens is 7. The number of nitrogens with one attached hydrogen (secondary N) is 1. The van der Waals surface area contributed by atoms with Crippen molar-refractivity contribution in [1.82, 2.24) is 24.9 Å². The molecule has 192 valence electrons. The van der Waals surface area contributed by atoms with E-state index in [-0.39, 0.29) is 35.6 Å². The van der Waals surface area contributed by atoms with Gasteiger partial charge in [-0.3, -0.25) is 4.98 Å². The van der Waals surface area contributed by atoms with Crippen molar-refractivity contribution in [3.8, 4) is 11.5 Å². The molecule has 0 spiro atoms. The molecule has 0 saturated carbocycles. The Labute approximate surface area is 197 Å². The van der Waals surface area contributed by atoms with Gasteiger partial charge in [0.05, 0.1) is 6.54 Å². The second kappa shape index (κ2) is 9.09. The summed E-state index contributed by atoms with van der Waals surface area (Å²) in [7, 11) is 0. The number of piperidine rings is 1. The van der Waals surface area contributed by atoms with Crippen LogP contribution in [0.5, 0.6) is 0 Å². The molecular weight excluding hydrogens is 503 g/mol. The molecule has 1 unspecified atom stereocenters. The molecule has 16 heteroatoms. The van der Waals surface area contributed by atoms with Crippen LogP contribution in [0, 0.1) is 0 Å². The van der Waals surface area contributed by atoms with Gasteiger partial charge in [0.1, 0.15) is 17.1 Å². The standard InChI is InChI=1S/C20H16F7N7O2/c21-12-9-34(7-5-18(12,35)36)17-32-15(11-2-1-3-13(30-11)19(22,23)24)31-16(33-17)29-10-4-6-28-14(8-10)20(25,26)27/h1-4,6,8,12,35-36H,5,7,9H2,(H,28,29,31,32,33). The fourth-order valence-corrected chi connectivity index (χ4v) is 3.25. The summed E-state index contributed by atoms with van der Waals surface area (Å²) in [5, 5.41) is 21.8. The van der Waals surface area contributed by atoms with Crippen LogP contribution >= 0.6 is 0 Å². The summed E-state index contributed by atoms with van der Waals surface area (Å²) in [5.74, 6) is -3.64. The lowest BCUT2D eigenvalue weighted by atomic mass is 10.0. The molecule has 3 N–H and O–H groups in total. The average Bonchev–Trinajstić information content (AvgIpc) is 2.80. The van der Waals surface area contributed by atoms with Gasteiger partial charge in [0.2, 0.25) is 11.9 Å². The topological polar surface area (TPSA) is 120 Å². The Balaban J connectivity index is 1.76. The predicted octanol–water partition coefficient (Wildman–Crippen LogP) is 3.34. The zero-order chi connectivity index (χ0) is 26.3. The molecule has 1 aliphatic rings. The van der Waals surface area contributed by atoms with E-state index in [1.165, 1.54) is 17.0 Å². The number of rotatable bonds is 4. The molecular formula is C20H16F7N7O2. The third-order valence-corrected chi connectivity index (χ3v) is 5.11. The Bertz CT molecular complexity index is 1250. The van der Waals surface area contributed by atoms with E-state index >= 15 is 0 Å². The van der Waals surface area contributed by atoms with Gasteiger partial charge in [-0.2, -0.15) is 41.3 Å². The number of pyridine rings is 2. The van der Waals surface area contributed by atoms with Crippen LogP contribution in [0.2, 0.25) is 0 Å². The predicted molar refractivity (Wildman–Crippen MR) is 109 cm³/mol. The van der Waals surface area contributed by atoms with E-state index in [0.29, 0.717) is 6.07 Å². The lowest BCUT2D eigenvalue weighted by Crippen LogP contribution is -2.54. The molecule has 0 aromatic carbocycles. The zero-order valence-electron chi connectivity index (χ0n) is 17.9. The van der Waals surface area contributed by atoms with Crippen LogP contribution in [0.1, 0.15) is 17.8 Å². The summed E-state index contributed by atoms with van der Waals surface area (Å²) in [4.78, 5) is 20.0. The number of anilines is 3. The molecule has 0 radical (unpaired) electrons. The minimum Gasteiger partial charge on any atom is -0.363 e. The lowest BCUT2D eigenvalue weighted by Gasteiger charge is -2.37. The summed E-state index contributed by atoms with van der Waals surface area (Å²) < 4.78 is 92.7. The molecule has 0 amide bonds.